The van der Waals surface area contributed by atoms with Crippen LogP contribution in [0.25, 0.3) is 0 Å². The zero-order valence-corrected chi connectivity index (χ0v) is 12.7. The summed E-state index contributed by atoms with van der Waals surface area (Å²) in [5.41, 5.74) is 0.325. The third-order valence-corrected chi connectivity index (χ3v) is 5.02. The van der Waals surface area contributed by atoms with Gasteiger partial charge in [0.25, 0.3) is 0 Å². The van der Waals surface area contributed by atoms with E-state index in [2.05, 4.69) is 11.4 Å². The molecule has 21 heavy (non-hydrogen) atoms. The molecule has 1 N–H and O–H groups in total. The molecule has 1 aromatic carbocycles. The third-order valence-electron chi connectivity index (χ3n) is 3.13. The second kappa shape index (κ2) is 6.37. The Kier molecular flexibility index (Phi) is 4.31. The van der Waals surface area contributed by atoms with Crippen LogP contribution in [-0.2, 0) is 6.42 Å². The van der Waals surface area contributed by atoms with E-state index in [1.165, 1.54) is 17.0 Å². The number of benzene rings is 1. The lowest BCUT2D eigenvalue weighted by Crippen LogP contribution is -2.13. The van der Waals surface area contributed by atoms with Crippen molar-refractivity contribution in [2.24, 2.45) is 0 Å². The van der Waals surface area contributed by atoms with E-state index in [0.717, 1.165) is 17.4 Å². The molecule has 5 heteroatoms. The number of anilines is 1. The van der Waals surface area contributed by atoms with Crippen LogP contribution in [0, 0.1) is 11.6 Å². The number of hydrogen-bond acceptors (Lipinski definition) is 3. The molecule has 0 bridgehead atoms. The van der Waals surface area contributed by atoms with Crippen LogP contribution >= 0.6 is 22.7 Å². The number of nitrogens with one attached hydrogen (secondary N) is 1. The van der Waals surface area contributed by atoms with Gasteiger partial charge in [0.05, 0.1) is 11.7 Å². The average Bonchev–Trinajstić information content (AvgIpc) is 3.13. The van der Waals surface area contributed by atoms with Crippen molar-refractivity contribution in [3.05, 3.63) is 74.6 Å². The molecule has 0 radical (unpaired) electrons. The molecule has 0 spiro atoms. The molecule has 0 aliphatic rings. The van der Waals surface area contributed by atoms with Gasteiger partial charge in [0, 0.05) is 22.2 Å². The maximum absolute atomic E-state index is 13.8. The van der Waals surface area contributed by atoms with Gasteiger partial charge in [0.2, 0.25) is 0 Å². The Morgan fingerprint density at radius 3 is 2.48 bits per heavy atom. The van der Waals surface area contributed by atoms with Gasteiger partial charge in [0.15, 0.2) is 0 Å². The van der Waals surface area contributed by atoms with Gasteiger partial charge < -0.3 is 5.32 Å². The maximum Gasteiger partial charge on any atom is 0.149 e. The Bertz CT molecular complexity index is 693. The minimum Gasteiger partial charge on any atom is -0.375 e. The number of hydrogen-bond donors (Lipinski definition) is 1. The van der Waals surface area contributed by atoms with E-state index in [9.17, 15) is 8.78 Å². The van der Waals surface area contributed by atoms with E-state index < -0.39 is 11.6 Å². The van der Waals surface area contributed by atoms with E-state index in [-0.39, 0.29) is 6.04 Å². The second-order valence-corrected chi connectivity index (χ2v) is 6.63. The van der Waals surface area contributed by atoms with Crippen LogP contribution in [-0.4, -0.2) is 0 Å². The normalized spacial score (nSPS) is 12.3. The molecule has 0 saturated carbocycles. The Balaban J connectivity index is 1.85. The lowest BCUT2D eigenvalue weighted by Gasteiger charge is -2.18. The minimum absolute atomic E-state index is 0.0244. The van der Waals surface area contributed by atoms with Gasteiger partial charge in [-0.3, -0.25) is 0 Å². The third kappa shape index (κ3) is 3.49. The average molecular weight is 321 g/mol. The van der Waals surface area contributed by atoms with Gasteiger partial charge in [-0.15, -0.1) is 22.7 Å². The van der Waals surface area contributed by atoms with Crippen molar-refractivity contribution >= 4 is 28.4 Å². The summed E-state index contributed by atoms with van der Waals surface area (Å²) in [5.74, 6) is -1.13. The van der Waals surface area contributed by atoms with Crippen molar-refractivity contribution in [3.8, 4) is 0 Å². The van der Waals surface area contributed by atoms with Gasteiger partial charge in [-0.25, -0.2) is 8.78 Å². The van der Waals surface area contributed by atoms with Crippen molar-refractivity contribution in [3.63, 3.8) is 0 Å². The molecule has 0 amide bonds. The van der Waals surface area contributed by atoms with Crippen LogP contribution in [0.2, 0.25) is 0 Å². The first-order valence-corrected chi connectivity index (χ1v) is 8.25. The second-order valence-electron chi connectivity index (χ2n) is 4.62. The molecule has 2 aromatic heterocycles. The Hall–Kier alpha value is -1.72. The van der Waals surface area contributed by atoms with Crippen molar-refractivity contribution < 1.29 is 8.78 Å². The van der Waals surface area contributed by atoms with Crippen LogP contribution in [0.4, 0.5) is 14.5 Å². The van der Waals surface area contributed by atoms with E-state index in [4.69, 9.17) is 0 Å². The van der Waals surface area contributed by atoms with Crippen molar-refractivity contribution in [1.29, 1.82) is 0 Å². The predicted molar refractivity (Wildman–Crippen MR) is 85.1 cm³/mol. The lowest BCUT2D eigenvalue weighted by atomic mass is 10.1. The smallest absolute Gasteiger partial charge is 0.149 e. The summed E-state index contributed by atoms with van der Waals surface area (Å²) in [6.45, 7) is 0. The fourth-order valence-corrected chi connectivity index (χ4v) is 3.67. The van der Waals surface area contributed by atoms with E-state index >= 15 is 0 Å². The highest BCUT2D eigenvalue weighted by Crippen LogP contribution is 2.29. The van der Waals surface area contributed by atoms with Crippen molar-refractivity contribution in [2.45, 2.75) is 12.5 Å². The fourth-order valence-electron chi connectivity index (χ4n) is 2.14. The first-order valence-electron chi connectivity index (χ1n) is 6.50. The SMILES string of the molecule is Fc1ccc(NC(Cc2cccs2)c2cccs2)c(F)c1. The zero-order valence-electron chi connectivity index (χ0n) is 11.1. The highest BCUT2D eigenvalue weighted by molar-refractivity contribution is 7.10. The van der Waals surface area contributed by atoms with Crippen LogP contribution in [0.15, 0.2) is 53.2 Å². The summed E-state index contributed by atoms with van der Waals surface area (Å²) < 4.78 is 26.8. The topological polar surface area (TPSA) is 12.0 Å². The van der Waals surface area contributed by atoms with Crippen LogP contribution in [0.1, 0.15) is 15.8 Å². The van der Waals surface area contributed by atoms with Crippen molar-refractivity contribution in [2.75, 3.05) is 5.32 Å². The first-order chi connectivity index (χ1) is 10.2. The molecule has 2 heterocycles. The molecular weight excluding hydrogens is 308 g/mol. The molecule has 0 aliphatic carbocycles. The molecule has 3 aromatic rings. The van der Waals surface area contributed by atoms with Gasteiger partial charge >= 0.3 is 0 Å². The number of thiophene rings is 2. The quantitative estimate of drug-likeness (QED) is 0.656. The molecule has 0 saturated heterocycles. The summed E-state index contributed by atoms with van der Waals surface area (Å²) >= 11 is 3.30. The Labute approximate surface area is 129 Å². The van der Waals surface area contributed by atoms with Crippen molar-refractivity contribution in [1.82, 2.24) is 0 Å². The molecule has 3 rings (SSSR count). The van der Waals surface area contributed by atoms with Crippen LogP contribution in [0.5, 0.6) is 0 Å². The monoisotopic (exact) mass is 321 g/mol. The van der Waals surface area contributed by atoms with E-state index in [1.54, 1.807) is 22.7 Å². The summed E-state index contributed by atoms with van der Waals surface area (Å²) in [7, 11) is 0. The van der Waals surface area contributed by atoms with E-state index in [1.807, 2.05) is 29.0 Å². The molecule has 1 unspecified atom stereocenters. The fraction of sp³-hybridized carbons (Fsp3) is 0.125. The lowest BCUT2D eigenvalue weighted by molar-refractivity contribution is 0.583. The van der Waals surface area contributed by atoms with Crippen LogP contribution < -0.4 is 5.32 Å². The molecule has 0 fully saturated rings. The van der Waals surface area contributed by atoms with Gasteiger partial charge in [0.1, 0.15) is 11.6 Å². The first kappa shape index (κ1) is 14.2. The molecule has 1 nitrogen and oxygen atoms in total. The Morgan fingerprint density at radius 2 is 1.81 bits per heavy atom. The zero-order chi connectivity index (χ0) is 14.7. The number of rotatable bonds is 5. The summed E-state index contributed by atoms with van der Waals surface area (Å²) in [4.78, 5) is 2.36. The molecular formula is C16H13F2NS2. The summed E-state index contributed by atoms with van der Waals surface area (Å²) in [6, 6.07) is 11.7. The van der Waals surface area contributed by atoms with Gasteiger partial charge in [-0.1, -0.05) is 12.1 Å². The molecule has 0 aliphatic heterocycles. The number of halogens is 2. The highest BCUT2D eigenvalue weighted by Gasteiger charge is 2.16. The maximum atomic E-state index is 13.8. The largest absolute Gasteiger partial charge is 0.375 e. The minimum atomic E-state index is -0.567. The van der Waals surface area contributed by atoms with Gasteiger partial charge in [-0.2, -0.15) is 0 Å². The highest BCUT2D eigenvalue weighted by atomic mass is 32.1. The summed E-state index contributed by atoms with van der Waals surface area (Å²) in [5, 5.41) is 7.22. The molecule has 108 valence electrons. The van der Waals surface area contributed by atoms with Crippen LogP contribution in [0.3, 0.4) is 0 Å². The summed E-state index contributed by atoms with van der Waals surface area (Å²) in [6.07, 6.45) is 0.773. The molecule has 1 atom stereocenters. The standard InChI is InChI=1S/C16H13F2NS2/c17-11-5-6-14(13(18)9-11)19-15(16-4-2-8-21-16)10-12-3-1-7-20-12/h1-9,15,19H,10H2. The van der Waals surface area contributed by atoms with E-state index in [0.29, 0.717) is 5.69 Å². The Morgan fingerprint density at radius 1 is 1.00 bits per heavy atom. The van der Waals surface area contributed by atoms with Gasteiger partial charge in [-0.05, 0) is 35.0 Å². The predicted octanol–water partition coefficient (Wildman–Crippen LogP) is 5.48.